The molecule has 0 saturated heterocycles. The maximum atomic E-state index is 12.5. The number of rotatable bonds is 3. The molecule has 0 unspecified atom stereocenters. The number of ether oxygens (including phenoxy) is 1. The molecule has 1 saturated carbocycles. The Balaban J connectivity index is 2.08. The average molecular weight is 326 g/mol. The molecule has 24 heavy (non-hydrogen) atoms. The number of anilines is 1. The van der Waals surface area contributed by atoms with E-state index in [2.05, 4.69) is 5.92 Å². The zero-order chi connectivity index (χ0) is 17.5. The molecule has 2 aliphatic rings. The van der Waals surface area contributed by atoms with Crippen LogP contribution >= 0.6 is 0 Å². The third-order valence-electron chi connectivity index (χ3n) is 4.95. The summed E-state index contributed by atoms with van der Waals surface area (Å²) in [7, 11) is 0. The summed E-state index contributed by atoms with van der Waals surface area (Å²) in [5.74, 6) is 1.92. The lowest BCUT2D eigenvalue weighted by Crippen LogP contribution is -2.58. The Morgan fingerprint density at radius 2 is 1.96 bits per heavy atom. The first kappa shape index (κ1) is 16.4. The van der Waals surface area contributed by atoms with Gasteiger partial charge in [-0.25, -0.2) is 0 Å². The highest BCUT2D eigenvalue weighted by atomic mass is 16.5. The number of terminal acetylenes is 1. The van der Waals surface area contributed by atoms with Crippen molar-refractivity contribution in [2.45, 2.75) is 57.1 Å². The largest absolute Gasteiger partial charge is 0.487 e. The second-order valence-electron chi connectivity index (χ2n) is 7.22. The van der Waals surface area contributed by atoms with Gasteiger partial charge in [0, 0.05) is 17.7 Å². The molecule has 5 heteroatoms. The number of carbonyl (C=O) groups is 2. The van der Waals surface area contributed by atoms with Gasteiger partial charge in [0.25, 0.3) is 0 Å². The summed E-state index contributed by atoms with van der Waals surface area (Å²) in [5.41, 5.74) is 5.99. The topological polar surface area (TPSA) is 72.6 Å². The molecule has 1 heterocycles. The molecule has 2 N–H and O–H groups in total. The lowest BCUT2D eigenvalue weighted by atomic mass is 9.92. The molecule has 0 bridgehead atoms. The van der Waals surface area contributed by atoms with Crippen LogP contribution in [-0.2, 0) is 16.0 Å². The SMILES string of the molecule is C#CC(=O)N(c1ccc2c(c1)CC(C)(C)O2)C1(C(N)=O)CCCC1. The minimum Gasteiger partial charge on any atom is -0.487 e. The van der Waals surface area contributed by atoms with Crippen LogP contribution in [0.5, 0.6) is 5.75 Å². The van der Waals surface area contributed by atoms with Gasteiger partial charge >= 0.3 is 5.91 Å². The number of fused-ring (bicyclic) bond motifs is 1. The molecule has 1 aromatic carbocycles. The van der Waals surface area contributed by atoms with Crippen LogP contribution in [0.1, 0.15) is 45.1 Å². The van der Waals surface area contributed by atoms with E-state index in [1.807, 2.05) is 26.0 Å². The molecule has 5 nitrogen and oxygen atoms in total. The summed E-state index contributed by atoms with van der Waals surface area (Å²) in [6.07, 6.45) is 8.87. The number of nitrogens with zero attached hydrogens (tertiary/aromatic N) is 1. The number of carbonyl (C=O) groups excluding carboxylic acids is 2. The first-order valence-electron chi connectivity index (χ1n) is 8.22. The van der Waals surface area contributed by atoms with Crippen LogP contribution in [0.15, 0.2) is 18.2 Å². The minimum absolute atomic E-state index is 0.281. The molecule has 1 aliphatic heterocycles. The summed E-state index contributed by atoms with van der Waals surface area (Å²) in [6, 6.07) is 5.50. The number of primary amides is 1. The predicted octanol–water partition coefficient (Wildman–Crippen LogP) is 2.16. The third kappa shape index (κ3) is 2.52. The maximum Gasteiger partial charge on any atom is 0.303 e. The molecule has 0 spiro atoms. The number of hydrogen-bond acceptors (Lipinski definition) is 3. The maximum absolute atomic E-state index is 12.5. The average Bonchev–Trinajstić information content (AvgIpc) is 3.10. The third-order valence-corrected chi connectivity index (χ3v) is 4.95. The molecule has 2 amide bonds. The van der Waals surface area contributed by atoms with Crippen molar-refractivity contribution in [2.24, 2.45) is 5.73 Å². The van der Waals surface area contributed by atoms with Gasteiger partial charge in [0.2, 0.25) is 5.91 Å². The summed E-state index contributed by atoms with van der Waals surface area (Å²) in [5, 5.41) is 0. The molecular formula is C19H22N2O3. The molecular weight excluding hydrogens is 304 g/mol. The molecule has 126 valence electrons. The number of hydrogen-bond donors (Lipinski definition) is 1. The first-order valence-corrected chi connectivity index (χ1v) is 8.22. The molecule has 1 aromatic rings. The summed E-state index contributed by atoms with van der Waals surface area (Å²) >= 11 is 0. The van der Waals surface area contributed by atoms with Gasteiger partial charge in [-0.1, -0.05) is 12.8 Å². The van der Waals surface area contributed by atoms with E-state index in [1.165, 1.54) is 4.90 Å². The minimum atomic E-state index is -1.04. The van der Waals surface area contributed by atoms with E-state index in [0.717, 1.165) is 30.6 Å². The van der Waals surface area contributed by atoms with Crippen molar-refractivity contribution in [3.05, 3.63) is 23.8 Å². The quantitative estimate of drug-likeness (QED) is 0.865. The van der Waals surface area contributed by atoms with E-state index >= 15 is 0 Å². The molecule has 0 radical (unpaired) electrons. The second kappa shape index (κ2) is 5.55. The Morgan fingerprint density at radius 1 is 1.29 bits per heavy atom. The van der Waals surface area contributed by atoms with Crippen molar-refractivity contribution in [2.75, 3.05) is 4.90 Å². The van der Waals surface area contributed by atoms with Gasteiger partial charge in [-0.2, -0.15) is 0 Å². The van der Waals surface area contributed by atoms with E-state index in [4.69, 9.17) is 16.9 Å². The normalized spacial score (nSPS) is 19.9. The van der Waals surface area contributed by atoms with Crippen molar-refractivity contribution in [3.8, 4) is 18.1 Å². The van der Waals surface area contributed by atoms with E-state index in [9.17, 15) is 9.59 Å². The summed E-state index contributed by atoms with van der Waals surface area (Å²) < 4.78 is 5.88. The van der Waals surface area contributed by atoms with Gasteiger partial charge in [-0.05, 0) is 50.8 Å². The predicted molar refractivity (Wildman–Crippen MR) is 91.6 cm³/mol. The summed E-state index contributed by atoms with van der Waals surface area (Å²) in [6.45, 7) is 4.03. The molecule has 0 aromatic heterocycles. The Labute approximate surface area is 142 Å². The van der Waals surface area contributed by atoms with Gasteiger partial charge in [-0.3, -0.25) is 14.5 Å². The van der Waals surface area contributed by atoms with Crippen LogP contribution in [0.2, 0.25) is 0 Å². The van der Waals surface area contributed by atoms with E-state index in [1.54, 1.807) is 6.07 Å². The summed E-state index contributed by atoms with van der Waals surface area (Å²) in [4.78, 5) is 26.1. The lowest BCUT2D eigenvalue weighted by Gasteiger charge is -2.37. The highest BCUT2D eigenvalue weighted by molar-refractivity contribution is 6.11. The van der Waals surface area contributed by atoms with Gasteiger partial charge in [0.1, 0.15) is 16.9 Å². The zero-order valence-electron chi connectivity index (χ0n) is 14.1. The zero-order valence-corrected chi connectivity index (χ0v) is 14.1. The van der Waals surface area contributed by atoms with Crippen molar-refractivity contribution in [1.82, 2.24) is 0 Å². The van der Waals surface area contributed by atoms with Crippen LogP contribution < -0.4 is 15.4 Å². The van der Waals surface area contributed by atoms with E-state index in [-0.39, 0.29) is 5.60 Å². The Morgan fingerprint density at radius 3 is 2.54 bits per heavy atom. The first-order chi connectivity index (χ1) is 11.3. The molecule has 0 atom stereocenters. The Hall–Kier alpha value is -2.48. The molecule has 3 rings (SSSR count). The fraction of sp³-hybridized carbons (Fsp3) is 0.474. The lowest BCUT2D eigenvalue weighted by molar-refractivity contribution is -0.126. The second-order valence-corrected chi connectivity index (χ2v) is 7.22. The standard InChI is InChI=1S/C19H22N2O3/c1-4-16(22)21(19(17(20)23)9-5-6-10-19)14-7-8-15-13(11-14)12-18(2,3)24-15/h1,7-8,11H,5-6,9-10,12H2,2-3H3,(H2,20,23). The monoisotopic (exact) mass is 326 g/mol. The van der Waals surface area contributed by atoms with Crippen molar-refractivity contribution in [1.29, 1.82) is 0 Å². The van der Waals surface area contributed by atoms with Gasteiger partial charge in [0.05, 0.1) is 0 Å². The smallest absolute Gasteiger partial charge is 0.303 e. The van der Waals surface area contributed by atoms with Crippen LogP contribution in [0.4, 0.5) is 5.69 Å². The Bertz CT molecular complexity index is 739. The van der Waals surface area contributed by atoms with Crippen molar-refractivity contribution < 1.29 is 14.3 Å². The number of benzene rings is 1. The van der Waals surface area contributed by atoms with Gasteiger partial charge in [-0.15, -0.1) is 6.42 Å². The fourth-order valence-corrected chi connectivity index (χ4v) is 3.90. The van der Waals surface area contributed by atoms with Crippen LogP contribution in [-0.4, -0.2) is 23.0 Å². The highest BCUT2D eigenvalue weighted by Gasteiger charge is 2.48. The van der Waals surface area contributed by atoms with E-state index in [0.29, 0.717) is 18.5 Å². The van der Waals surface area contributed by atoms with Crippen molar-refractivity contribution in [3.63, 3.8) is 0 Å². The number of nitrogens with two attached hydrogens (primary N) is 1. The molecule has 1 aliphatic carbocycles. The molecule has 1 fully saturated rings. The highest BCUT2D eigenvalue weighted by Crippen LogP contribution is 2.42. The van der Waals surface area contributed by atoms with Crippen LogP contribution in [0, 0.1) is 12.3 Å². The number of amides is 2. The Kier molecular flexibility index (Phi) is 3.79. The van der Waals surface area contributed by atoms with Crippen LogP contribution in [0.3, 0.4) is 0 Å². The van der Waals surface area contributed by atoms with Crippen LogP contribution in [0.25, 0.3) is 0 Å². The van der Waals surface area contributed by atoms with E-state index < -0.39 is 17.4 Å². The van der Waals surface area contributed by atoms with Gasteiger partial charge in [0.15, 0.2) is 0 Å². The van der Waals surface area contributed by atoms with Gasteiger partial charge < -0.3 is 10.5 Å². The van der Waals surface area contributed by atoms with Crippen molar-refractivity contribution >= 4 is 17.5 Å². The fourth-order valence-electron chi connectivity index (χ4n) is 3.90.